The average Bonchev–Trinajstić information content (AvgIpc) is 3.10. The van der Waals surface area contributed by atoms with E-state index in [2.05, 4.69) is 5.32 Å². The van der Waals surface area contributed by atoms with Crippen molar-refractivity contribution in [3.05, 3.63) is 59.2 Å². The molecule has 6 nitrogen and oxygen atoms in total. The third-order valence-corrected chi connectivity index (χ3v) is 5.66. The number of benzene rings is 2. The average molecular weight is 393 g/mol. The van der Waals surface area contributed by atoms with Crippen LogP contribution < -0.4 is 10.2 Å². The molecule has 1 N–H and O–H groups in total. The molecule has 0 bridgehead atoms. The summed E-state index contributed by atoms with van der Waals surface area (Å²) in [5, 5.41) is 3.38. The van der Waals surface area contributed by atoms with Crippen LogP contribution in [0, 0.1) is 13.8 Å². The number of nitrogens with zero attached hydrogens (tertiary/aromatic N) is 2. The van der Waals surface area contributed by atoms with Crippen LogP contribution in [0.15, 0.2) is 42.5 Å². The molecule has 29 heavy (non-hydrogen) atoms. The first-order valence-corrected chi connectivity index (χ1v) is 10.2. The van der Waals surface area contributed by atoms with E-state index >= 15 is 0 Å². The Labute approximate surface area is 171 Å². The number of aryl methyl sites for hydroxylation is 2. The van der Waals surface area contributed by atoms with E-state index < -0.39 is 0 Å². The van der Waals surface area contributed by atoms with Gasteiger partial charge < -0.3 is 19.9 Å². The van der Waals surface area contributed by atoms with Gasteiger partial charge in [0.15, 0.2) is 0 Å². The number of carbonyl (C=O) groups is 2. The van der Waals surface area contributed by atoms with Crippen molar-refractivity contribution in [3.63, 3.8) is 0 Å². The predicted octanol–water partition coefficient (Wildman–Crippen LogP) is 2.99. The molecule has 2 aliphatic heterocycles. The fourth-order valence-corrected chi connectivity index (χ4v) is 3.84. The van der Waals surface area contributed by atoms with Gasteiger partial charge in [-0.3, -0.25) is 9.59 Å². The maximum Gasteiger partial charge on any atom is 0.254 e. The quantitative estimate of drug-likeness (QED) is 0.868. The van der Waals surface area contributed by atoms with Crippen molar-refractivity contribution in [3.8, 4) is 0 Å². The van der Waals surface area contributed by atoms with Crippen molar-refractivity contribution in [2.45, 2.75) is 26.3 Å². The fourth-order valence-electron chi connectivity index (χ4n) is 3.84. The standard InChI is InChI=1S/C23H27N3O3/c1-16-3-7-19(8-4-16)26-10-9-20(23(26)28)24-21-15-18(6-5-17(21)2)22(27)25-11-13-29-14-12-25/h3-8,15,20,24H,9-14H2,1-2H3. The Bertz CT molecular complexity index is 904. The number of nitrogens with one attached hydrogen (secondary N) is 1. The topological polar surface area (TPSA) is 61.9 Å². The van der Waals surface area contributed by atoms with Crippen LogP contribution in [-0.4, -0.2) is 55.6 Å². The zero-order valence-electron chi connectivity index (χ0n) is 17.0. The molecule has 0 saturated carbocycles. The van der Waals surface area contributed by atoms with E-state index in [1.807, 2.05) is 66.1 Å². The molecule has 2 amide bonds. The predicted molar refractivity (Wildman–Crippen MR) is 113 cm³/mol. The van der Waals surface area contributed by atoms with Crippen molar-refractivity contribution in [2.24, 2.45) is 0 Å². The Balaban J connectivity index is 1.48. The zero-order valence-corrected chi connectivity index (χ0v) is 17.0. The summed E-state index contributed by atoms with van der Waals surface area (Å²) in [6.45, 7) is 7.09. The Kier molecular flexibility index (Phi) is 5.53. The van der Waals surface area contributed by atoms with E-state index in [1.54, 1.807) is 0 Å². The van der Waals surface area contributed by atoms with Crippen molar-refractivity contribution in [1.82, 2.24) is 4.90 Å². The van der Waals surface area contributed by atoms with Gasteiger partial charge in [0, 0.05) is 36.6 Å². The Hall–Kier alpha value is -2.86. The maximum atomic E-state index is 12.9. The summed E-state index contributed by atoms with van der Waals surface area (Å²) in [4.78, 5) is 29.4. The molecule has 2 saturated heterocycles. The molecule has 1 atom stereocenters. The molecule has 2 aromatic rings. The SMILES string of the molecule is Cc1ccc(N2CCC(Nc3cc(C(=O)N4CCOCC4)ccc3C)C2=O)cc1. The summed E-state index contributed by atoms with van der Waals surface area (Å²) in [6.07, 6.45) is 0.730. The van der Waals surface area contributed by atoms with Crippen LogP contribution in [0.4, 0.5) is 11.4 Å². The molecule has 0 aliphatic carbocycles. The second kappa shape index (κ2) is 8.25. The van der Waals surface area contributed by atoms with Crippen molar-refractivity contribution in [1.29, 1.82) is 0 Å². The number of anilines is 2. The van der Waals surface area contributed by atoms with Crippen LogP contribution >= 0.6 is 0 Å². The van der Waals surface area contributed by atoms with E-state index in [9.17, 15) is 9.59 Å². The van der Waals surface area contributed by atoms with Crippen LogP contribution in [0.2, 0.25) is 0 Å². The van der Waals surface area contributed by atoms with Crippen LogP contribution in [-0.2, 0) is 9.53 Å². The summed E-state index contributed by atoms with van der Waals surface area (Å²) >= 11 is 0. The molecule has 0 spiro atoms. The summed E-state index contributed by atoms with van der Waals surface area (Å²) < 4.78 is 5.33. The molecule has 2 aromatic carbocycles. The largest absolute Gasteiger partial charge is 0.378 e. The van der Waals surface area contributed by atoms with Gasteiger partial charge in [-0.15, -0.1) is 0 Å². The summed E-state index contributed by atoms with van der Waals surface area (Å²) in [7, 11) is 0. The van der Waals surface area contributed by atoms with Gasteiger partial charge >= 0.3 is 0 Å². The van der Waals surface area contributed by atoms with E-state index in [0.717, 1.165) is 23.4 Å². The van der Waals surface area contributed by atoms with Crippen LogP contribution in [0.1, 0.15) is 27.9 Å². The first kappa shape index (κ1) is 19.5. The van der Waals surface area contributed by atoms with Crippen LogP contribution in [0.25, 0.3) is 0 Å². The molecule has 2 aliphatic rings. The lowest BCUT2D eigenvalue weighted by molar-refractivity contribution is -0.117. The lowest BCUT2D eigenvalue weighted by Gasteiger charge is -2.27. The monoisotopic (exact) mass is 393 g/mol. The maximum absolute atomic E-state index is 12.9. The molecule has 2 heterocycles. The lowest BCUT2D eigenvalue weighted by Crippen LogP contribution is -2.40. The Morgan fingerprint density at radius 2 is 1.76 bits per heavy atom. The van der Waals surface area contributed by atoms with Crippen molar-refractivity contribution in [2.75, 3.05) is 43.1 Å². The molecule has 152 valence electrons. The molecule has 0 radical (unpaired) electrons. The first-order valence-electron chi connectivity index (χ1n) is 10.2. The van der Waals surface area contributed by atoms with Gasteiger partial charge in [-0.1, -0.05) is 23.8 Å². The number of hydrogen-bond donors (Lipinski definition) is 1. The molecule has 1 unspecified atom stereocenters. The highest BCUT2D eigenvalue weighted by molar-refractivity contribution is 6.01. The van der Waals surface area contributed by atoms with Gasteiger partial charge in [-0.2, -0.15) is 0 Å². The number of rotatable bonds is 4. The smallest absolute Gasteiger partial charge is 0.254 e. The highest BCUT2D eigenvalue weighted by Crippen LogP contribution is 2.26. The van der Waals surface area contributed by atoms with E-state index in [0.29, 0.717) is 38.4 Å². The number of carbonyl (C=O) groups excluding carboxylic acids is 2. The number of ether oxygens (including phenoxy) is 1. The lowest BCUT2D eigenvalue weighted by atomic mass is 10.1. The molecular weight excluding hydrogens is 366 g/mol. The zero-order chi connectivity index (χ0) is 20.4. The number of amides is 2. The summed E-state index contributed by atoms with van der Waals surface area (Å²) in [6, 6.07) is 13.4. The van der Waals surface area contributed by atoms with Crippen molar-refractivity contribution >= 4 is 23.2 Å². The summed E-state index contributed by atoms with van der Waals surface area (Å²) in [5.74, 6) is 0.0774. The Morgan fingerprint density at radius 3 is 2.48 bits per heavy atom. The molecular formula is C23H27N3O3. The van der Waals surface area contributed by atoms with Crippen LogP contribution in [0.3, 0.4) is 0 Å². The van der Waals surface area contributed by atoms with E-state index in [-0.39, 0.29) is 17.9 Å². The minimum Gasteiger partial charge on any atom is -0.378 e. The van der Waals surface area contributed by atoms with Gasteiger partial charge in [0.1, 0.15) is 6.04 Å². The van der Waals surface area contributed by atoms with Crippen LogP contribution in [0.5, 0.6) is 0 Å². The molecule has 6 heteroatoms. The van der Waals surface area contributed by atoms with Gasteiger partial charge in [0.2, 0.25) is 5.91 Å². The van der Waals surface area contributed by atoms with Gasteiger partial charge in [-0.25, -0.2) is 0 Å². The molecule has 0 aromatic heterocycles. The third kappa shape index (κ3) is 4.12. The minimum atomic E-state index is -0.288. The van der Waals surface area contributed by atoms with Gasteiger partial charge in [0.25, 0.3) is 5.91 Å². The normalized spacial score (nSPS) is 19.5. The van der Waals surface area contributed by atoms with Gasteiger partial charge in [-0.05, 0) is 50.1 Å². The number of morpholine rings is 1. The second-order valence-corrected chi connectivity index (χ2v) is 7.75. The fraction of sp³-hybridized carbons (Fsp3) is 0.391. The van der Waals surface area contributed by atoms with E-state index in [4.69, 9.17) is 4.74 Å². The number of hydrogen-bond acceptors (Lipinski definition) is 4. The summed E-state index contributed by atoms with van der Waals surface area (Å²) in [5.41, 5.74) is 4.60. The minimum absolute atomic E-state index is 0.00961. The van der Waals surface area contributed by atoms with Crippen molar-refractivity contribution < 1.29 is 14.3 Å². The first-order chi connectivity index (χ1) is 14.0. The van der Waals surface area contributed by atoms with E-state index in [1.165, 1.54) is 5.56 Å². The third-order valence-electron chi connectivity index (χ3n) is 5.66. The van der Waals surface area contributed by atoms with Gasteiger partial charge in [0.05, 0.1) is 13.2 Å². The molecule has 2 fully saturated rings. The molecule has 4 rings (SSSR count). The highest BCUT2D eigenvalue weighted by Gasteiger charge is 2.33. The Morgan fingerprint density at radius 1 is 1.03 bits per heavy atom. The second-order valence-electron chi connectivity index (χ2n) is 7.75. The highest BCUT2D eigenvalue weighted by atomic mass is 16.5.